The molecule has 1 heterocycles. The molecule has 0 spiro atoms. The molecule has 8 heteroatoms. The number of aryl methyl sites for hydroxylation is 1. The van der Waals surface area contributed by atoms with E-state index in [2.05, 4.69) is 31.9 Å². The summed E-state index contributed by atoms with van der Waals surface area (Å²) in [6.45, 7) is 3.23. The highest BCUT2D eigenvalue weighted by Gasteiger charge is 2.16. The monoisotopic (exact) mass is 475 g/mol. The largest absolute Gasteiger partial charge is 0.376 e. The lowest BCUT2D eigenvalue weighted by Gasteiger charge is -2.12. The molecule has 0 saturated carbocycles. The Morgan fingerprint density at radius 3 is 2.52 bits per heavy atom. The van der Waals surface area contributed by atoms with Crippen LogP contribution in [0.1, 0.15) is 39.1 Å². The van der Waals surface area contributed by atoms with E-state index < -0.39 is 0 Å². The number of rotatable bonds is 5. The third kappa shape index (κ3) is 6.09. The van der Waals surface area contributed by atoms with Crippen molar-refractivity contribution in [1.82, 2.24) is 10.6 Å². The van der Waals surface area contributed by atoms with E-state index in [4.69, 9.17) is 17.0 Å². The number of anilines is 1. The molecule has 2 aromatic rings. The van der Waals surface area contributed by atoms with Gasteiger partial charge in [0.1, 0.15) is 0 Å². The second-order valence-electron chi connectivity index (χ2n) is 6.79. The number of amides is 2. The summed E-state index contributed by atoms with van der Waals surface area (Å²) in [6.07, 6.45) is 2.12. The Morgan fingerprint density at radius 2 is 1.86 bits per heavy atom. The van der Waals surface area contributed by atoms with Crippen LogP contribution in [-0.4, -0.2) is 36.2 Å². The van der Waals surface area contributed by atoms with Gasteiger partial charge in [-0.1, -0.05) is 22.0 Å². The zero-order valence-electron chi connectivity index (χ0n) is 16.0. The molecular weight excluding hydrogens is 454 g/mol. The van der Waals surface area contributed by atoms with Crippen molar-refractivity contribution >= 4 is 50.8 Å². The normalized spacial score (nSPS) is 15.6. The van der Waals surface area contributed by atoms with Crippen LogP contribution in [0.2, 0.25) is 0 Å². The zero-order chi connectivity index (χ0) is 20.8. The second kappa shape index (κ2) is 9.96. The van der Waals surface area contributed by atoms with Gasteiger partial charge in [-0.05, 0) is 73.9 Å². The van der Waals surface area contributed by atoms with Crippen molar-refractivity contribution in [3.05, 3.63) is 63.6 Å². The first kappa shape index (κ1) is 21.4. The molecule has 6 nitrogen and oxygen atoms in total. The van der Waals surface area contributed by atoms with Gasteiger partial charge in [-0.25, -0.2) is 0 Å². The molecule has 0 aliphatic carbocycles. The van der Waals surface area contributed by atoms with Crippen LogP contribution in [-0.2, 0) is 4.74 Å². The minimum absolute atomic E-state index is 0.107. The molecule has 3 N–H and O–H groups in total. The maximum atomic E-state index is 12.3. The number of nitrogens with one attached hydrogen (secondary N) is 3. The average molecular weight is 476 g/mol. The predicted molar refractivity (Wildman–Crippen MR) is 120 cm³/mol. The van der Waals surface area contributed by atoms with Crippen molar-refractivity contribution in [2.24, 2.45) is 0 Å². The maximum Gasteiger partial charge on any atom is 0.257 e. The topological polar surface area (TPSA) is 79.5 Å². The Labute approximate surface area is 183 Å². The lowest BCUT2D eigenvalue weighted by atomic mass is 10.1. The number of carbonyl (C=O) groups excluding carboxylic acids is 2. The highest BCUT2D eigenvalue weighted by molar-refractivity contribution is 9.10. The first-order valence-electron chi connectivity index (χ1n) is 9.31. The van der Waals surface area contributed by atoms with Gasteiger partial charge in [0.2, 0.25) is 0 Å². The Hall–Kier alpha value is -2.29. The molecule has 1 aliphatic rings. The Kier molecular flexibility index (Phi) is 7.35. The quantitative estimate of drug-likeness (QED) is 0.573. The van der Waals surface area contributed by atoms with Crippen molar-refractivity contribution in [3.8, 4) is 0 Å². The van der Waals surface area contributed by atoms with Gasteiger partial charge in [0.05, 0.1) is 6.10 Å². The molecule has 152 valence electrons. The molecule has 29 heavy (non-hydrogen) atoms. The summed E-state index contributed by atoms with van der Waals surface area (Å²) in [5, 5.41) is 8.66. The van der Waals surface area contributed by atoms with E-state index in [9.17, 15) is 9.59 Å². The summed E-state index contributed by atoms with van der Waals surface area (Å²) in [7, 11) is 0. The van der Waals surface area contributed by atoms with Gasteiger partial charge in [0.25, 0.3) is 11.8 Å². The minimum atomic E-state index is -0.298. The number of hydrogen-bond acceptors (Lipinski definition) is 4. The van der Waals surface area contributed by atoms with Crippen molar-refractivity contribution < 1.29 is 14.3 Å². The van der Waals surface area contributed by atoms with Gasteiger partial charge in [-0.2, -0.15) is 0 Å². The van der Waals surface area contributed by atoms with E-state index in [1.807, 2.05) is 13.0 Å². The first-order valence-corrected chi connectivity index (χ1v) is 10.5. The van der Waals surface area contributed by atoms with Crippen LogP contribution < -0.4 is 16.0 Å². The van der Waals surface area contributed by atoms with Crippen LogP contribution in [0.25, 0.3) is 0 Å². The fraction of sp³-hybridized carbons (Fsp3) is 0.286. The molecule has 0 aromatic heterocycles. The van der Waals surface area contributed by atoms with Gasteiger partial charge < -0.3 is 15.4 Å². The van der Waals surface area contributed by atoms with E-state index in [1.54, 1.807) is 36.4 Å². The van der Waals surface area contributed by atoms with Crippen molar-refractivity contribution in [2.45, 2.75) is 25.9 Å². The molecule has 0 radical (unpaired) electrons. The highest BCUT2D eigenvalue weighted by Crippen LogP contribution is 2.17. The molecule has 1 aliphatic heterocycles. The van der Waals surface area contributed by atoms with Gasteiger partial charge >= 0.3 is 0 Å². The van der Waals surface area contributed by atoms with Crippen LogP contribution >= 0.6 is 28.1 Å². The van der Waals surface area contributed by atoms with Gasteiger partial charge in [0, 0.05) is 34.4 Å². The minimum Gasteiger partial charge on any atom is -0.376 e. The summed E-state index contributed by atoms with van der Waals surface area (Å²) in [4.78, 5) is 24.5. The summed E-state index contributed by atoms with van der Waals surface area (Å²) < 4.78 is 6.36. The van der Waals surface area contributed by atoms with Crippen LogP contribution in [0, 0.1) is 6.92 Å². The molecule has 2 aromatic carbocycles. The Balaban J connectivity index is 1.50. The molecule has 1 fully saturated rings. The number of halogens is 1. The number of benzene rings is 2. The second-order valence-corrected chi connectivity index (χ2v) is 8.06. The lowest BCUT2D eigenvalue weighted by molar-refractivity contribution is 0.0857. The molecule has 3 rings (SSSR count). The SMILES string of the molecule is Cc1ccc(C(=O)NC(=S)Nc2ccc(C(=O)NCC3CCCO3)cc2)cc1Br. The van der Waals surface area contributed by atoms with Crippen LogP contribution in [0.4, 0.5) is 5.69 Å². The van der Waals surface area contributed by atoms with Crippen molar-refractivity contribution in [2.75, 3.05) is 18.5 Å². The van der Waals surface area contributed by atoms with Gasteiger partial charge in [-0.15, -0.1) is 0 Å². The lowest BCUT2D eigenvalue weighted by Crippen LogP contribution is -2.34. The van der Waals surface area contributed by atoms with Crippen LogP contribution in [0.15, 0.2) is 46.9 Å². The van der Waals surface area contributed by atoms with Crippen LogP contribution in [0.3, 0.4) is 0 Å². The summed E-state index contributed by atoms with van der Waals surface area (Å²) >= 11 is 8.62. The Morgan fingerprint density at radius 1 is 1.14 bits per heavy atom. The van der Waals surface area contributed by atoms with Crippen molar-refractivity contribution in [3.63, 3.8) is 0 Å². The third-order valence-corrected chi connectivity index (χ3v) is 5.64. The Bertz CT molecular complexity index is 912. The number of thiocarbonyl (C=S) groups is 1. The smallest absolute Gasteiger partial charge is 0.257 e. The molecule has 1 unspecified atom stereocenters. The van der Waals surface area contributed by atoms with Gasteiger partial charge in [-0.3, -0.25) is 14.9 Å². The molecule has 1 saturated heterocycles. The summed E-state index contributed by atoms with van der Waals surface area (Å²) in [6, 6.07) is 12.2. The maximum absolute atomic E-state index is 12.3. The number of carbonyl (C=O) groups is 2. The standard InChI is InChI=1S/C21H22BrN3O3S/c1-13-4-5-15(11-18(13)22)20(27)25-21(29)24-16-8-6-14(7-9-16)19(26)23-12-17-3-2-10-28-17/h4-9,11,17H,2-3,10,12H2,1H3,(H,23,26)(H2,24,25,27,29). The van der Waals surface area contributed by atoms with Crippen LogP contribution in [0.5, 0.6) is 0 Å². The number of ether oxygens (including phenoxy) is 1. The van der Waals surface area contributed by atoms with E-state index in [0.29, 0.717) is 23.4 Å². The van der Waals surface area contributed by atoms with E-state index in [0.717, 1.165) is 29.5 Å². The van der Waals surface area contributed by atoms with Gasteiger partial charge in [0.15, 0.2) is 5.11 Å². The van der Waals surface area contributed by atoms with E-state index >= 15 is 0 Å². The molecule has 1 atom stereocenters. The highest BCUT2D eigenvalue weighted by atomic mass is 79.9. The molecular formula is C21H22BrN3O3S. The molecule has 0 bridgehead atoms. The fourth-order valence-electron chi connectivity index (χ4n) is 2.89. The predicted octanol–water partition coefficient (Wildman–Crippen LogP) is 3.79. The van der Waals surface area contributed by atoms with Crippen molar-refractivity contribution in [1.29, 1.82) is 0 Å². The summed E-state index contributed by atoms with van der Waals surface area (Å²) in [5.74, 6) is -0.443. The zero-order valence-corrected chi connectivity index (χ0v) is 18.4. The first-order chi connectivity index (χ1) is 13.9. The summed E-state index contributed by atoms with van der Waals surface area (Å²) in [5.41, 5.74) is 2.77. The van der Waals surface area contributed by atoms with E-state index in [-0.39, 0.29) is 23.0 Å². The molecule has 2 amide bonds. The van der Waals surface area contributed by atoms with E-state index in [1.165, 1.54) is 0 Å². The third-order valence-electron chi connectivity index (χ3n) is 4.58. The number of hydrogen-bond donors (Lipinski definition) is 3. The average Bonchev–Trinajstić information content (AvgIpc) is 3.22. The fourth-order valence-corrected chi connectivity index (χ4v) is 3.48.